The Balaban J connectivity index is 1.88. The maximum Gasteiger partial charge on any atom is 0.193 e. The number of nitrogens with one attached hydrogen (secondary N) is 1. The van der Waals surface area contributed by atoms with Crippen LogP contribution in [0.15, 0.2) is 53.5 Å². The van der Waals surface area contributed by atoms with E-state index in [1.54, 1.807) is 19.2 Å². The van der Waals surface area contributed by atoms with Crippen LogP contribution in [-0.2, 0) is 0 Å². The summed E-state index contributed by atoms with van der Waals surface area (Å²) in [6.45, 7) is 2.19. The molecule has 0 aliphatic heterocycles. The Labute approximate surface area is 134 Å². The molecule has 2 aromatic carbocycles. The summed E-state index contributed by atoms with van der Waals surface area (Å²) in [6.07, 6.45) is -0.234. The first-order chi connectivity index (χ1) is 11.1. The standard InChI is InChI=1S/C17H20FN3O2/c1-12(23-16-8-3-5-13(18)9-16)11-20-17(19)21-14-6-4-7-15(10-14)22-2/h3-10,12H,11H2,1-2H3,(H3,19,20,21). The van der Waals surface area contributed by atoms with Crippen LogP contribution in [0.2, 0.25) is 0 Å². The smallest absolute Gasteiger partial charge is 0.193 e. The van der Waals surface area contributed by atoms with Crippen molar-refractivity contribution >= 4 is 11.6 Å². The fourth-order valence-electron chi connectivity index (χ4n) is 1.93. The molecule has 0 saturated heterocycles. The highest BCUT2D eigenvalue weighted by atomic mass is 19.1. The van der Waals surface area contributed by atoms with Gasteiger partial charge >= 0.3 is 0 Å². The molecule has 0 aliphatic rings. The van der Waals surface area contributed by atoms with Crippen molar-refractivity contribution in [3.05, 3.63) is 54.3 Å². The molecular formula is C17H20FN3O2. The summed E-state index contributed by atoms with van der Waals surface area (Å²) in [4.78, 5) is 4.22. The van der Waals surface area contributed by atoms with E-state index >= 15 is 0 Å². The van der Waals surface area contributed by atoms with E-state index in [1.807, 2.05) is 31.2 Å². The van der Waals surface area contributed by atoms with Crippen molar-refractivity contribution in [1.29, 1.82) is 0 Å². The van der Waals surface area contributed by atoms with Gasteiger partial charge in [0.05, 0.1) is 13.7 Å². The first-order valence-corrected chi connectivity index (χ1v) is 7.20. The Hall–Kier alpha value is -2.76. The lowest BCUT2D eigenvalue weighted by Gasteiger charge is -2.13. The van der Waals surface area contributed by atoms with Gasteiger partial charge in [0.2, 0.25) is 0 Å². The van der Waals surface area contributed by atoms with Gasteiger partial charge in [-0.3, -0.25) is 0 Å². The number of aliphatic imine (C=N–C) groups is 1. The lowest BCUT2D eigenvalue weighted by Crippen LogP contribution is -2.25. The number of nitrogens with two attached hydrogens (primary N) is 1. The van der Waals surface area contributed by atoms with Gasteiger partial charge in [0.15, 0.2) is 5.96 Å². The molecule has 1 atom stereocenters. The molecule has 0 aromatic heterocycles. The molecule has 2 rings (SSSR count). The number of methoxy groups -OCH3 is 1. The number of hydrogen-bond acceptors (Lipinski definition) is 3. The molecule has 6 heteroatoms. The van der Waals surface area contributed by atoms with Crippen LogP contribution in [0.3, 0.4) is 0 Å². The average molecular weight is 317 g/mol. The highest BCUT2D eigenvalue weighted by Crippen LogP contribution is 2.16. The SMILES string of the molecule is COc1cccc(NC(N)=NCC(C)Oc2cccc(F)c2)c1. The first kappa shape index (κ1) is 16.6. The van der Waals surface area contributed by atoms with Crippen LogP contribution in [0, 0.1) is 5.82 Å². The highest BCUT2D eigenvalue weighted by molar-refractivity contribution is 5.92. The third kappa shape index (κ3) is 5.50. The predicted molar refractivity (Wildman–Crippen MR) is 89.6 cm³/mol. The van der Waals surface area contributed by atoms with E-state index in [9.17, 15) is 4.39 Å². The van der Waals surface area contributed by atoms with Crippen molar-refractivity contribution in [3.63, 3.8) is 0 Å². The largest absolute Gasteiger partial charge is 0.497 e. The maximum absolute atomic E-state index is 13.1. The molecule has 5 nitrogen and oxygen atoms in total. The summed E-state index contributed by atoms with van der Waals surface area (Å²) in [6, 6.07) is 13.4. The molecule has 0 amide bonds. The summed E-state index contributed by atoms with van der Waals surface area (Å²) < 4.78 is 23.8. The van der Waals surface area contributed by atoms with Crippen molar-refractivity contribution in [3.8, 4) is 11.5 Å². The van der Waals surface area contributed by atoms with Crippen LogP contribution < -0.4 is 20.5 Å². The number of halogens is 1. The minimum atomic E-state index is -0.336. The molecule has 0 aliphatic carbocycles. The van der Waals surface area contributed by atoms with Crippen LogP contribution in [0.4, 0.5) is 10.1 Å². The van der Waals surface area contributed by atoms with Crippen molar-refractivity contribution in [2.45, 2.75) is 13.0 Å². The summed E-state index contributed by atoms with van der Waals surface area (Å²) in [7, 11) is 1.60. The fraction of sp³-hybridized carbons (Fsp3) is 0.235. The van der Waals surface area contributed by atoms with Crippen molar-refractivity contribution in [2.75, 3.05) is 19.0 Å². The Kier molecular flexibility index (Phi) is 5.80. The third-order valence-corrected chi connectivity index (χ3v) is 2.99. The molecular weight excluding hydrogens is 297 g/mol. The zero-order valence-corrected chi connectivity index (χ0v) is 13.1. The van der Waals surface area contributed by atoms with E-state index in [0.29, 0.717) is 12.3 Å². The van der Waals surface area contributed by atoms with Gasteiger partial charge in [0.1, 0.15) is 23.4 Å². The van der Waals surface area contributed by atoms with E-state index in [0.717, 1.165) is 11.4 Å². The minimum Gasteiger partial charge on any atom is -0.497 e. The fourth-order valence-corrected chi connectivity index (χ4v) is 1.93. The lowest BCUT2D eigenvalue weighted by molar-refractivity contribution is 0.229. The van der Waals surface area contributed by atoms with E-state index in [2.05, 4.69) is 10.3 Å². The normalized spacial score (nSPS) is 12.6. The number of hydrogen-bond donors (Lipinski definition) is 2. The quantitative estimate of drug-likeness (QED) is 0.635. The summed E-state index contributed by atoms with van der Waals surface area (Å²) in [5.74, 6) is 1.13. The summed E-state index contributed by atoms with van der Waals surface area (Å²) in [5, 5.41) is 2.98. The van der Waals surface area contributed by atoms with Crippen molar-refractivity contribution in [1.82, 2.24) is 0 Å². The third-order valence-electron chi connectivity index (χ3n) is 2.99. The molecule has 0 radical (unpaired) electrons. The average Bonchev–Trinajstić information content (AvgIpc) is 2.53. The van der Waals surface area contributed by atoms with E-state index in [4.69, 9.17) is 15.2 Å². The van der Waals surface area contributed by atoms with Gasteiger partial charge in [-0.25, -0.2) is 9.38 Å². The van der Waals surface area contributed by atoms with Gasteiger partial charge in [0.25, 0.3) is 0 Å². The second kappa shape index (κ2) is 8.03. The Morgan fingerprint density at radius 2 is 1.96 bits per heavy atom. The van der Waals surface area contributed by atoms with Crippen LogP contribution in [0.25, 0.3) is 0 Å². The second-order valence-electron chi connectivity index (χ2n) is 4.97. The lowest BCUT2D eigenvalue weighted by atomic mass is 10.3. The number of rotatable bonds is 6. The topological polar surface area (TPSA) is 68.9 Å². The van der Waals surface area contributed by atoms with Crippen LogP contribution in [0.5, 0.6) is 11.5 Å². The van der Waals surface area contributed by atoms with Crippen LogP contribution in [0.1, 0.15) is 6.92 Å². The number of guanidine groups is 1. The Morgan fingerprint density at radius 3 is 2.70 bits per heavy atom. The Morgan fingerprint density at radius 1 is 1.22 bits per heavy atom. The van der Waals surface area contributed by atoms with Gasteiger partial charge in [-0.2, -0.15) is 0 Å². The number of anilines is 1. The Bertz CT molecular complexity index is 676. The molecule has 2 aromatic rings. The van der Waals surface area contributed by atoms with Gasteiger partial charge in [-0.1, -0.05) is 12.1 Å². The number of benzene rings is 2. The van der Waals surface area contributed by atoms with Crippen molar-refractivity contribution < 1.29 is 13.9 Å². The molecule has 3 N–H and O–H groups in total. The molecule has 0 fully saturated rings. The summed E-state index contributed by atoms with van der Waals surface area (Å²) >= 11 is 0. The number of ether oxygens (including phenoxy) is 2. The molecule has 0 spiro atoms. The monoisotopic (exact) mass is 317 g/mol. The molecule has 122 valence electrons. The van der Waals surface area contributed by atoms with Gasteiger partial charge < -0.3 is 20.5 Å². The summed E-state index contributed by atoms with van der Waals surface area (Å²) in [5.41, 5.74) is 6.63. The van der Waals surface area contributed by atoms with Crippen LogP contribution in [-0.4, -0.2) is 25.7 Å². The second-order valence-corrected chi connectivity index (χ2v) is 4.97. The van der Waals surface area contributed by atoms with Gasteiger partial charge in [-0.05, 0) is 31.2 Å². The van der Waals surface area contributed by atoms with E-state index in [1.165, 1.54) is 12.1 Å². The highest BCUT2D eigenvalue weighted by Gasteiger charge is 2.05. The van der Waals surface area contributed by atoms with E-state index in [-0.39, 0.29) is 17.9 Å². The molecule has 23 heavy (non-hydrogen) atoms. The zero-order chi connectivity index (χ0) is 16.7. The molecule has 1 unspecified atom stereocenters. The molecule has 0 bridgehead atoms. The maximum atomic E-state index is 13.1. The van der Waals surface area contributed by atoms with E-state index < -0.39 is 0 Å². The first-order valence-electron chi connectivity index (χ1n) is 7.20. The number of nitrogens with zero attached hydrogens (tertiary/aromatic N) is 1. The van der Waals surface area contributed by atoms with Crippen molar-refractivity contribution in [2.24, 2.45) is 10.7 Å². The molecule has 0 heterocycles. The van der Waals surface area contributed by atoms with Crippen LogP contribution >= 0.6 is 0 Å². The molecule has 0 saturated carbocycles. The minimum absolute atomic E-state index is 0.234. The van der Waals surface area contributed by atoms with Gasteiger partial charge in [-0.15, -0.1) is 0 Å². The zero-order valence-electron chi connectivity index (χ0n) is 13.1. The van der Waals surface area contributed by atoms with Gasteiger partial charge in [0, 0.05) is 17.8 Å². The predicted octanol–water partition coefficient (Wildman–Crippen LogP) is 3.03.